The highest BCUT2D eigenvalue weighted by atomic mass is 16.1. The molecule has 26 heavy (non-hydrogen) atoms. The Morgan fingerprint density at radius 3 is 2.65 bits per heavy atom. The van der Waals surface area contributed by atoms with Crippen LogP contribution in [0.1, 0.15) is 18.4 Å². The molecule has 6 nitrogen and oxygen atoms in total. The Balaban J connectivity index is 1.53. The molecule has 0 atom stereocenters. The van der Waals surface area contributed by atoms with Crippen molar-refractivity contribution in [1.29, 1.82) is 0 Å². The van der Waals surface area contributed by atoms with Gasteiger partial charge in [0.25, 0.3) is 5.56 Å². The van der Waals surface area contributed by atoms with Crippen molar-refractivity contribution in [3.8, 4) is 11.3 Å². The van der Waals surface area contributed by atoms with Crippen LogP contribution < -0.4 is 10.9 Å². The molecule has 0 aliphatic rings. The SMILES string of the molecule is O=C(CCCn1nc(-c2ccccc2)ccc1=O)NCc1cccnc1. The molecule has 0 bridgehead atoms. The van der Waals surface area contributed by atoms with Gasteiger partial charge in [-0.05, 0) is 24.1 Å². The molecule has 0 spiro atoms. The number of hydrogen-bond donors (Lipinski definition) is 1. The first-order valence-corrected chi connectivity index (χ1v) is 8.51. The van der Waals surface area contributed by atoms with E-state index in [9.17, 15) is 9.59 Å². The van der Waals surface area contributed by atoms with Crippen LogP contribution in [0.3, 0.4) is 0 Å². The lowest BCUT2D eigenvalue weighted by Crippen LogP contribution is -2.25. The zero-order valence-electron chi connectivity index (χ0n) is 14.3. The van der Waals surface area contributed by atoms with Gasteiger partial charge in [0.05, 0.1) is 5.69 Å². The second-order valence-corrected chi connectivity index (χ2v) is 5.89. The van der Waals surface area contributed by atoms with Crippen LogP contribution in [0.5, 0.6) is 0 Å². The average Bonchev–Trinajstić information content (AvgIpc) is 2.69. The molecule has 0 unspecified atom stereocenters. The van der Waals surface area contributed by atoms with Gasteiger partial charge in [0, 0.05) is 43.5 Å². The molecule has 3 aromatic rings. The quantitative estimate of drug-likeness (QED) is 0.711. The zero-order valence-corrected chi connectivity index (χ0v) is 14.3. The first-order valence-electron chi connectivity index (χ1n) is 8.51. The summed E-state index contributed by atoms with van der Waals surface area (Å²) in [5, 5.41) is 7.25. The number of nitrogens with one attached hydrogen (secondary N) is 1. The van der Waals surface area contributed by atoms with E-state index in [1.807, 2.05) is 42.5 Å². The summed E-state index contributed by atoms with van der Waals surface area (Å²) in [5.74, 6) is -0.0545. The van der Waals surface area contributed by atoms with Crippen LogP contribution in [0, 0.1) is 0 Å². The fourth-order valence-corrected chi connectivity index (χ4v) is 2.55. The third-order valence-corrected chi connectivity index (χ3v) is 3.92. The van der Waals surface area contributed by atoms with E-state index in [-0.39, 0.29) is 11.5 Å². The second-order valence-electron chi connectivity index (χ2n) is 5.89. The van der Waals surface area contributed by atoms with Crippen molar-refractivity contribution in [3.05, 3.63) is 82.9 Å². The third kappa shape index (κ3) is 4.86. The highest BCUT2D eigenvalue weighted by molar-refractivity contribution is 5.75. The smallest absolute Gasteiger partial charge is 0.266 e. The van der Waals surface area contributed by atoms with Crippen molar-refractivity contribution in [2.75, 3.05) is 0 Å². The molecule has 3 rings (SSSR count). The highest BCUT2D eigenvalue weighted by Gasteiger charge is 2.05. The Labute approximate surface area is 151 Å². The van der Waals surface area contributed by atoms with E-state index in [2.05, 4.69) is 15.4 Å². The van der Waals surface area contributed by atoms with Crippen LogP contribution in [0.15, 0.2) is 71.8 Å². The molecule has 0 saturated carbocycles. The first-order chi connectivity index (χ1) is 12.7. The molecule has 2 aromatic heterocycles. The second kappa shape index (κ2) is 8.71. The fourth-order valence-electron chi connectivity index (χ4n) is 2.55. The van der Waals surface area contributed by atoms with Crippen LogP contribution >= 0.6 is 0 Å². The molecule has 1 aromatic carbocycles. The molecular weight excluding hydrogens is 328 g/mol. The number of nitrogens with zero attached hydrogens (tertiary/aromatic N) is 3. The van der Waals surface area contributed by atoms with Crippen LogP contribution in [-0.4, -0.2) is 20.7 Å². The number of amides is 1. The van der Waals surface area contributed by atoms with Gasteiger partial charge >= 0.3 is 0 Å². The molecule has 0 fully saturated rings. The van der Waals surface area contributed by atoms with Crippen molar-refractivity contribution in [3.63, 3.8) is 0 Å². The lowest BCUT2D eigenvalue weighted by atomic mass is 10.1. The molecular formula is C20H20N4O2. The molecule has 0 aliphatic heterocycles. The molecule has 0 radical (unpaired) electrons. The van der Waals surface area contributed by atoms with Crippen molar-refractivity contribution < 1.29 is 4.79 Å². The highest BCUT2D eigenvalue weighted by Crippen LogP contribution is 2.14. The number of carbonyl (C=O) groups excluding carboxylic acids is 1. The predicted octanol–water partition coefficient (Wildman–Crippen LogP) is 2.40. The van der Waals surface area contributed by atoms with E-state index in [1.165, 1.54) is 10.7 Å². The monoisotopic (exact) mass is 348 g/mol. The van der Waals surface area contributed by atoms with E-state index in [0.717, 1.165) is 16.8 Å². The minimum atomic E-state index is -0.166. The number of aryl methyl sites for hydroxylation is 1. The summed E-state index contributed by atoms with van der Waals surface area (Å²) in [7, 11) is 0. The van der Waals surface area contributed by atoms with E-state index < -0.39 is 0 Å². The van der Waals surface area contributed by atoms with Gasteiger partial charge in [-0.25, -0.2) is 4.68 Å². The topological polar surface area (TPSA) is 76.9 Å². The minimum absolute atomic E-state index is 0.0545. The lowest BCUT2D eigenvalue weighted by Gasteiger charge is -2.08. The molecule has 1 N–H and O–H groups in total. The van der Waals surface area contributed by atoms with Crippen molar-refractivity contribution in [2.45, 2.75) is 25.9 Å². The Morgan fingerprint density at radius 2 is 1.88 bits per heavy atom. The Morgan fingerprint density at radius 1 is 1.04 bits per heavy atom. The summed E-state index contributed by atoms with van der Waals surface area (Å²) in [5.41, 5.74) is 2.48. The Hall–Kier alpha value is -3.28. The summed E-state index contributed by atoms with van der Waals surface area (Å²) < 4.78 is 1.41. The summed E-state index contributed by atoms with van der Waals surface area (Å²) in [6.07, 6.45) is 4.30. The number of pyridine rings is 1. The van der Waals surface area contributed by atoms with Gasteiger partial charge in [0.2, 0.25) is 5.91 Å². The Bertz CT molecular complexity index is 908. The van der Waals surface area contributed by atoms with Crippen LogP contribution in [0.25, 0.3) is 11.3 Å². The van der Waals surface area contributed by atoms with Gasteiger partial charge in [-0.1, -0.05) is 36.4 Å². The van der Waals surface area contributed by atoms with Gasteiger partial charge in [0.1, 0.15) is 0 Å². The molecule has 132 valence electrons. The van der Waals surface area contributed by atoms with Gasteiger partial charge in [-0.15, -0.1) is 0 Å². The maximum absolute atomic E-state index is 12.0. The van der Waals surface area contributed by atoms with E-state index in [1.54, 1.807) is 18.5 Å². The van der Waals surface area contributed by atoms with E-state index in [0.29, 0.717) is 25.9 Å². The predicted molar refractivity (Wildman–Crippen MR) is 99.3 cm³/mol. The Kier molecular flexibility index (Phi) is 5.88. The summed E-state index contributed by atoms with van der Waals surface area (Å²) in [6, 6.07) is 16.7. The van der Waals surface area contributed by atoms with Gasteiger partial charge in [-0.3, -0.25) is 14.6 Å². The van der Waals surface area contributed by atoms with Crippen molar-refractivity contribution >= 4 is 5.91 Å². The van der Waals surface area contributed by atoms with Crippen LogP contribution in [0.4, 0.5) is 0 Å². The maximum Gasteiger partial charge on any atom is 0.266 e. The average molecular weight is 348 g/mol. The van der Waals surface area contributed by atoms with Gasteiger partial charge < -0.3 is 5.32 Å². The third-order valence-electron chi connectivity index (χ3n) is 3.92. The minimum Gasteiger partial charge on any atom is -0.352 e. The molecule has 2 heterocycles. The standard InChI is InChI=1S/C20H20N4O2/c25-19(22-15-16-6-4-12-21-14-16)9-5-13-24-20(26)11-10-18(23-24)17-7-2-1-3-8-17/h1-4,6-8,10-12,14H,5,9,13,15H2,(H,22,25). The summed E-state index contributed by atoms with van der Waals surface area (Å²) >= 11 is 0. The number of aromatic nitrogens is 3. The number of benzene rings is 1. The number of hydrogen-bond acceptors (Lipinski definition) is 4. The van der Waals surface area contributed by atoms with Gasteiger partial charge in [0.15, 0.2) is 0 Å². The van der Waals surface area contributed by atoms with E-state index >= 15 is 0 Å². The molecule has 6 heteroatoms. The lowest BCUT2D eigenvalue weighted by molar-refractivity contribution is -0.121. The van der Waals surface area contributed by atoms with Crippen molar-refractivity contribution in [1.82, 2.24) is 20.1 Å². The number of rotatable bonds is 7. The van der Waals surface area contributed by atoms with Crippen molar-refractivity contribution in [2.24, 2.45) is 0 Å². The normalized spacial score (nSPS) is 10.5. The molecule has 1 amide bonds. The molecule has 0 saturated heterocycles. The largest absolute Gasteiger partial charge is 0.352 e. The van der Waals surface area contributed by atoms with E-state index in [4.69, 9.17) is 0 Å². The number of carbonyl (C=O) groups is 1. The fraction of sp³-hybridized carbons (Fsp3) is 0.200. The van der Waals surface area contributed by atoms with Crippen LogP contribution in [-0.2, 0) is 17.9 Å². The zero-order chi connectivity index (χ0) is 18.2. The van der Waals surface area contributed by atoms with Gasteiger partial charge in [-0.2, -0.15) is 5.10 Å². The summed E-state index contributed by atoms with van der Waals surface area (Å²) in [4.78, 5) is 27.9. The first kappa shape index (κ1) is 17.5. The molecule has 0 aliphatic carbocycles. The maximum atomic E-state index is 12.0. The summed E-state index contributed by atoms with van der Waals surface area (Å²) in [6.45, 7) is 0.855. The van der Waals surface area contributed by atoms with Crippen LogP contribution in [0.2, 0.25) is 0 Å².